The Bertz CT molecular complexity index is 660. The minimum absolute atomic E-state index is 0.0271. The lowest BCUT2D eigenvalue weighted by Gasteiger charge is -2.21. The Balaban J connectivity index is 1.64. The van der Waals surface area contributed by atoms with E-state index in [2.05, 4.69) is 0 Å². The quantitative estimate of drug-likeness (QED) is 0.781. The van der Waals surface area contributed by atoms with Crippen LogP contribution in [0.3, 0.4) is 0 Å². The topological polar surface area (TPSA) is 95.0 Å². The number of amides is 3. The van der Waals surface area contributed by atoms with E-state index in [4.69, 9.17) is 5.11 Å². The molecule has 0 atom stereocenters. The Hall–Kier alpha value is -2.70. The van der Waals surface area contributed by atoms with Gasteiger partial charge in [-0.1, -0.05) is 12.1 Å². The number of nitrogens with zero attached hydrogens (tertiary/aromatic N) is 2. The minimum Gasteiger partial charge on any atom is -0.480 e. The van der Waals surface area contributed by atoms with E-state index in [-0.39, 0.29) is 31.5 Å². The highest BCUT2D eigenvalue weighted by atomic mass is 16.4. The largest absolute Gasteiger partial charge is 0.480 e. The molecule has 7 nitrogen and oxygen atoms in total. The highest BCUT2D eigenvalue weighted by Crippen LogP contribution is 2.28. The lowest BCUT2D eigenvalue weighted by atomic mass is 10.1. The van der Waals surface area contributed by atoms with Gasteiger partial charge in [-0.15, -0.1) is 0 Å². The summed E-state index contributed by atoms with van der Waals surface area (Å²) >= 11 is 0. The molecule has 1 aliphatic carbocycles. The van der Waals surface area contributed by atoms with Gasteiger partial charge in [0, 0.05) is 19.0 Å². The molecule has 0 radical (unpaired) electrons. The van der Waals surface area contributed by atoms with Crippen molar-refractivity contribution in [1.82, 2.24) is 9.80 Å². The van der Waals surface area contributed by atoms with E-state index in [1.807, 2.05) is 0 Å². The molecule has 1 fully saturated rings. The number of hydrogen-bond acceptors (Lipinski definition) is 4. The van der Waals surface area contributed by atoms with Gasteiger partial charge in [0.25, 0.3) is 11.8 Å². The summed E-state index contributed by atoms with van der Waals surface area (Å²) in [6.07, 6.45) is 1.54. The van der Waals surface area contributed by atoms with Gasteiger partial charge in [0.1, 0.15) is 6.54 Å². The summed E-state index contributed by atoms with van der Waals surface area (Å²) in [6.45, 7) is -0.375. The zero-order valence-electron chi connectivity index (χ0n) is 12.4. The number of aliphatic carboxylic acids is 1. The normalized spacial score (nSPS) is 16.4. The van der Waals surface area contributed by atoms with Crippen molar-refractivity contribution in [2.45, 2.75) is 25.3 Å². The van der Waals surface area contributed by atoms with Gasteiger partial charge in [-0.05, 0) is 25.0 Å². The van der Waals surface area contributed by atoms with E-state index >= 15 is 0 Å². The van der Waals surface area contributed by atoms with E-state index in [0.29, 0.717) is 11.1 Å². The van der Waals surface area contributed by atoms with Crippen LogP contribution in [0.1, 0.15) is 40.0 Å². The van der Waals surface area contributed by atoms with Crippen LogP contribution in [0.25, 0.3) is 0 Å². The molecule has 2 aliphatic rings. The van der Waals surface area contributed by atoms with Crippen molar-refractivity contribution in [3.05, 3.63) is 35.4 Å². The molecule has 1 aromatic rings. The first-order valence-electron chi connectivity index (χ1n) is 7.45. The lowest BCUT2D eigenvalue weighted by molar-refractivity contribution is -0.145. The number of carbonyl (C=O) groups is 4. The van der Waals surface area contributed by atoms with Gasteiger partial charge >= 0.3 is 5.97 Å². The van der Waals surface area contributed by atoms with Crippen LogP contribution < -0.4 is 0 Å². The second kappa shape index (κ2) is 5.83. The summed E-state index contributed by atoms with van der Waals surface area (Å²) in [7, 11) is 0. The minimum atomic E-state index is -1.06. The Morgan fingerprint density at radius 1 is 1.13 bits per heavy atom. The highest BCUT2D eigenvalue weighted by molar-refractivity contribution is 6.21. The molecule has 3 rings (SSSR count). The molecule has 23 heavy (non-hydrogen) atoms. The van der Waals surface area contributed by atoms with Gasteiger partial charge < -0.3 is 10.0 Å². The van der Waals surface area contributed by atoms with Crippen molar-refractivity contribution >= 4 is 23.7 Å². The Kier molecular flexibility index (Phi) is 3.85. The SMILES string of the molecule is O=C(O)CN(C(=O)CCN1C(=O)c2ccccc2C1=O)C1CC1. The van der Waals surface area contributed by atoms with Gasteiger partial charge in [0.15, 0.2) is 0 Å². The Labute approximate surface area is 132 Å². The van der Waals surface area contributed by atoms with Crippen LogP contribution in [0.2, 0.25) is 0 Å². The van der Waals surface area contributed by atoms with Crippen molar-refractivity contribution in [2.75, 3.05) is 13.1 Å². The van der Waals surface area contributed by atoms with Gasteiger partial charge in [0.2, 0.25) is 5.91 Å². The number of benzene rings is 1. The Morgan fingerprint density at radius 3 is 2.17 bits per heavy atom. The van der Waals surface area contributed by atoms with Gasteiger partial charge in [-0.25, -0.2) is 0 Å². The van der Waals surface area contributed by atoms with Crippen molar-refractivity contribution < 1.29 is 24.3 Å². The fourth-order valence-electron chi connectivity index (χ4n) is 2.75. The molecule has 1 aliphatic heterocycles. The van der Waals surface area contributed by atoms with E-state index in [1.54, 1.807) is 24.3 Å². The molecule has 0 aromatic heterocycles. The third-order valence-corrected chi connectivity index (χ3v) is 4.04. The molecule has 1 N–H and O–H groups in total. The average Bonchev–Trinajstić information content (AvgIpc) is 3.33. The summed E-state index contributed by atoms with van der Waals surface area (Å²) in [6, 6.07) is 6.50. The predicted octanol–water partition coefficient (Wildman–Crippen LogP) is 0.748. The summed E-state index contributed by atoms with van der Waals surface area (Å²) in [5.74, 6) is -2.22. The molecular formula is C16H16N2O5. The number of carbonyl (C=O) groups excluding carboxylic acids is 3. The molecule has 7 heteroatoms. The monoisotopic (exact) mass is 316 g/mol. The van der Waals surface area contributed by atoms with Gasteiger partial charge in [0.05, 0.1) is 11.1 Å². The van der Waals surface area contributed by atoms with Crippen LogP contribution in [0.4, 0.5) is 0 Å². The maximum Gasteiger partial charge on any atom is 0.323 e. The van der Waals surface area contributed by atoms with E-state index in [9.17, 15) is 19.2 Å². The molecule has 0 bridgehead atoms. The number of imide groups is 1. The van der Waals surface area contributed by atoms with E-state index < -0.39 is 17.8 Å². The molecule has 0 unspecified atom stereocenters. The number of rotatable bonds is 6. The van der Waals surface area contributed by atoms with Crippen molar-refractivity contribution in [1.29, 1.82) is 0 Å². The molecule has 3 amide bonds. The number of carboxylic acid groups (broad SMARTS) is 1. The Morgan fingerprint density at radius 2 is 1.70 bits per heavy atom. The molecule has 120 valence electrons. The molecular weight excluding hydrogens is 300 g/mol. The van der Waals surface area contributed by atoms with E-state index in [1.165, 1.54) is 4.90 Å². The number of carboxylic acids is 1. The first-order chi connectivity index (χ1) is 11.0. The maximum atomic E-state index is 12.2. The molecule has 0 saturated heterocycles. The van der Waals surface area contributed by atoms with Crippen molar-refractivity contribution in [2.24, 2.45) is 0 Å². The van der Waals surface area contributed by atoms with Crippen LogP contribution in [-0.2, 0) is 9.59 Å². The van der Waals surface area contributed by atoms with Crippen LogP contribution in [-0.4, -0.2) is 57.7 Å². The fraction of sp³-hybridized carbons (Fsp3) is 0.375. The average molecular weight is 316 g/mol. The smallest absolute Gasteiger partial charge is 0.323 e. The second-order valence-corrected chi connectivity index (χ2v) is 5.70. The maximum absolute atomic E-state index is 12.2. The number of fused-ring (bicyclic) bond motifs is 1. The predicted molar refractivity (Wildman–Crippen MR) is 78.8 cm³/mol. The molecule has 1 heterocycles. The zero-order chi connectivity index (χ0) is 16.6. The van der Waals surface area contributed by atoms with Crippen molar-refractivity contribution in [3.63, 3.8) is 0 Å². The van der Waals surface area contributed by atoms with Crippen LogP contribution >= 0.6 is 0 Å². The van der Waals surface area contributed by atoms with Crippen molar-refractivity contribution in [3.8, 4) is 0 Å². The summed E-state index contributed by atoms with van der Waals surface area (Å²) < 4.78 is 0. The standard InChI is InChI=1S/C16H16N2O5/c19-13(18(9-14(20)21)10-5-6-10)7-8-17-15(22)11-3-1-2-4-12(11)16(17)23/h1-4,10H,5-9H2,(H,20,21). The van der Waals surface area contributed by atoms with Gasteiger partial charge in [-0.2, -0.15) is 0 Å². The summed E-state index contributed by atoms with van der Waals surface area (Å²) in [4.78, 5) is 49.8. The van der Waals surface area contributed by atoms with Crippen LogP contribution in [0, 0.1) is 0 Å². The summed E-state index contributed by atoms with van der Waals surface area (Å²) in [5.41, 5.74) is 0.684. The molecule has 0 spiro atoms. The second-order valence-electron chi connectivity index (χ2n) is 5.70. The van der Waals surface area contributed by atoms with E-state index in [0.717, 1.165) is 17.7 Å². The lowest BCUT2D eigenvalue weighted by Crippen LogP contribution is -2.40. The third-order valence-electron chi connectivity index (χ3n) is 4.04. The fourth-order valence-corrected chi connectivity index (χ4v) is 2.75. The van der Waals surface area contributed by atoms with Crippen LogP contribution in [0.15, 0.2) is 24.3 Å². The first-order valence-corrected chi connectivity index (χ1v) is 7.45. The first kappa shape index (κ1) is 15.2. The third kappa shape index (κ3) is 2.94. The van der Waals surface area contributed by atoms with Crippen LogP contribution in [0.5, 0.6) is 0 Å². The summed E-state index contributed by atoms with van der Waals surface area (Å²) in [5, 5.41) is 8.88. The zero-order valence-corrected chi connectivity index (χ0v) is 12.4. The van der Waals surface area contributed by atoms with Gasteiger partial charge in [-0.3, -0.25) is 24.1 Å². The number of hydrogen-bond donors (Lipinski definition) is 1. The highest BCUT2D eigenvalue weighted by Gasteiger charge is 2.37. The molecule has 1 aromatic carbocycles. The molecule has 1 saturated carbocycles.